The third-order valence-corrected chi connectivity index (χ3v) is 10.6. The zero-order chi connectivity index (χ0) is 22.8. The van der Waals surface area contributed by atoms with Gasteiger partial charge in [-0.3, -0.25) is 4.79 Å². The van der Waals surface area contributed by atoms with Crippen molar-refractivity contribution in [3.05, 3.63) is 54.1 Å². The van der Waals surface area contributed by atoms with Gasteiger partial charge in [-0.15, -0.1) is 11.5 Å². The summed E-state index contributed by atoms with van der Waals surface area (Å²) in [6, 6.07) is 13.7. The molecule has 0 aliphatic heterocycles. The lowest BCUT2D eigenvalue weighted by atomic mass is 10.0. The molecule has 160 valence electrons. The molecule has 6 heteroatoms. The van der Waals surface area contributed by atoms with E-state index in [1.165, 1.54) is 0 Å². The summed E-state index contributed by atoms with van der Waals surface area (Å²) in [6.07, 6.45) is 0.0640. The quantitative estimate of drug-likeness (QED) is 0.345. The highest BCUT2D eigenvalue weighted by Crippen LogP contribution is 2.35. The van der Waals surface area contributed by atoms with Gasteiger partial charge in [-0.05, 0) is 17.2 Å². The smallest absolute Gasteiger partial charge is 0.327 e. The first-order valence-electron chi connectivity index (χ1n) is 10.3. The average Bonchev–Trinajstić information content (AvgIpc) is 2.70. The zero-order valence-electron chi connectivity index (χ0n) is 18.6. The maximum atomic E-state index is 13.3. The largest absolute Gasteiger partial charge is 0.480 e. The molecule has 1 atom stereocenters. The summed E-state index contributed by atoms with van der Waals surface area (Å²) in [5.74, 6) is 1.52. The van der Waals surface area contributed by atoms with Crippen molar-refractivity contribution >= 4 is 41.8 Å². The molecule has 1 amide bonds. The second-order valence-electron chi connectivity index (χ2n) is 9.27. The Hall–Kier alpha value is -3.17. The SMILES string of the molecule is CC(C)(C)[Si](C)(C)C#CC[C@@H](NC(=O)c1c2ccccc2nc2ccccc12)C(=O)O. The van der Waals surface area contributed by atoms with Crippen molar-refractivity contribution in [2.75, 3.05) is 0 Å². The van der Waals surface area contributed by atoms with Crippen LogP contribution in [0.2, 0.25) is 18.1 Å². The van der Waals surface area contributed by atoms with Gasteiger partial charge in [-0.2, -0.15) is 0 Å². The number of amides is 1. The van der Waals surface area contributed by atoms with Crippen molar-refractivity contribution in [2.45, 2.75) is 51.4 Å². The van der Waals surface area contributed by atoms with Crippen molar-refractivity contribution in [3.63, 3.8) is 0 Å². The Morgan fingerprint density at radius 1 is 1.03 bits per heavy atom. The van der Waals surface area contributed by atoms with Gasteiger partial charge in [0.15, 0.2) is 0 Å². The predicted octanol–water partition coefficient (Wildman–Crippen LogP) is 5.01. The number of carbonyl (C=O) groups excluding carboxylic acids is 1. The Morgan fingerprint density at radius 3 is 2.03 bits per heavy atom. The van der Waals surface area contributed by atoms with Gasteiger partial charge in [0.25, 0.3) is 5.91 Å². The molecule has 5 nitrogen and oxygen atoms in total. The number of hydrogen-bond acceptors (Lipinski definition) is 3. The summed E-state index contributed by atoms with van der Waals surface area (Å²) in [5.41, 5.74) is 5.14. The number of aliphatic carboxylic acids is 1. The number of nitrogens with one attached hydrogen (secondary N) is 1. The highest BCUT2D eigenvalue weighted by atomic mass is 28.3. The molecule has 3 aromatic rings. The fourth-order valence-electron chi connectivity index (χ4n) is 3.08. The standard InChI is InChI=1S/C25H28N2O3Si/c1-25(2,3)31(4,5)16-10-15-21(24(29)30)27-23(28)22-17-11-6-8-13-19(17)26-20-14-9-7-12-18(20)22/h6-9,11-14,21H,15H2,1-5H3,(H,27,28)(H,29,30)/t21-/m1/s1. The molecule has 2 aromatic carbocycles. The highest BCUT2D eigenvalue weighted by Gasteiger charge is 2.33. The number of benzene rings is 2. The molecular weight excluding hydrogens is 404 g/mol. The Labute approximate surface area is 183 Å². The average molecular weight is 433 g/mol. The molecule has 0 unspecified atom stereocenters. The lowest BCUT2D eigenvalue weighted by molar-refractivity contribution is -0.139. The number of carboxylic acids is 1. The normalized spacial score (nSPS) is 12.8. The maximum absolute atomic E-state index is 13.3. The molecule has 0 aliphatic rings. The Balaban J connectivity index is 1.95. The van der Waals surface area contributed by atoms with Gasteiger partial charge < -0.3 is 10.4 Å². The van der Waals surface area contributed by atoms with E-state index in [2.05, 4.69) is 55.6 Å². The van der Waals surface area contributed by atoms with Crippen LogP contribution in [0.5, 0.6) is 0 Å². The van der Waals surface area contributed by atoms with Gasteiger partial charge in [0.2, 0.25) is 0 Å². The second kappa shape index (κ2) is 8.52. The monoisotopic (exact) mass is 432 g/mol. The van der Waals surface area contributed by atoms with Crippen LogP contribution in [0.1, 0.15) is 37.6 Å². The van der Waals surface area contributed by atoms with Crippen molar-refractivity contribution in [1.82, 2.24) is 10.3 Å². The first-order valence-corrected chi connectivity index (χ1v) is 13.3. The fraction of sp³-hybridized carbons (Fsp3) is 0.320. The van der Waals surface area contributed by atoms with Gasteiger partial charge in [0.05, 0.1) is 16.6 Å². The van der Waals surface area contributed by atoms with Crippen molar-refractivity contribution < 1.29 is 14.7 Å². The van der Waals surface area contributed by atoms with Crippen LogP contribution in [0.15, 0.2) is 48.5 Å². The van der Waals surface area contributed by atoms with E-state index in [1.807, 2.05) is 48.5 Å². The van der Waals surface area contributed by atoms with Crippen LogP contribution in [0, 0.1) is 11.5 Å². The molecule has 31 heavy (non-hydrogen) atoms. The fourth-order valence-corrected chi connectivity index (χ4v) is 4.00. The van der Waals surface area contributed by atoms with Crippen LogP contribution in [0.3, 0.4) is 0 Å². The number of nitrogens with zero attached hydrogens (tertiary/aromatic N) is 1. The Kier molecular flexibility index (Phi) is 6.19. The lowest BCUT2D eigenvalue weighted by Crippen LogP contribution is -2.41. The summed E-state index contributed by atoms with van der Waals surface area (Å²) in [6.45, 7) is 10.8. The topological polar surface area (TPSA) is 79.3 Å². The molecule has 0 saturated carbocycles. The summed E-state index contributed by atoms with van der Waals surface area (Å²) >= 11 is 0. The van der Waals surface area contributed by atoms with Crippen LogP contribution in [-0.2, 0) is 4.79 Å². The van der Waals surface area contributed by atoms with E-state index >= 15 is 0 Å². The van der Waals surface area contributed by atoms with Crippen LogP contribution in [0.25, 0.3) is 21.8 Å². The zero-order valence-corrected chi connectivity index (χ0v) is 19.6. The lowest BCUT2D eigenvalue weighted by Gasteiger charge is -2.31. The summed E-state index contributed by atoms with van der Waals surface area (Å²) in [5, 5.41) is 13.9. The van der Waals surface area contributed by atoms with Gasteiger partial charge in [-0.25, -0.2) is 9.78 Å². The summed E-state index contributed by atoms with van der Waals surface area (Å²) < 4.78 is 0. The van der Waals surface area contributed by atoms with Gasteiger partial charge in [0, 0.05) is 17.2 Å². The maximum Gasteiger partial charge on any atom is 0.327 e. The highest BCUT2D eigenvalue weighted by molar-refractivity contribution is 6.87. The van der Waals surface area contributed by atoms with Gasteiger partial charge in [-0.1, -0.05) is 70.3 Å². The Bertz CT molecular complexity index is 1160. The minimum atomic E-state index is -1.86. The minimum Gasteiger partial charge on any atom is -0.480 e. The number of fused-ring (bicyclic) bond motifs is 2. The van der Waals surface area contributed by atoms with Crippen LogP contribution >= 0.6 is 0 Å². The van der Waals surface area contributed by atoms with E-state index in [0.29, 0.717) is 27.4 Å². The number of pyridine rings is 1. The molecule has 0 bridgehead atoms. The van der Waals surface area contributed by atoms with E-state index in [1.54, 1.807) is 0 Å². The molecule has 1 heterocycles. The van der Waals surface area contributed by atoms with Gasteiger partial charge >= 0.3 is 5.97 Å². The molecule has 0 aliphatic carbocycles. The second-order valence-corrected chi connectivity index (χ2v) is 14.3. The number of para-hydroxylation sites is 2. The molecule has 0 spiro atoms. The predicted molar refractivity (Wildman–Crippen MR) is 128 cm³/mol. The number of carbonyl (C=O) groups is 2. The molecule has 1 aromatic heterocycles. The third kappa shape index (κ3) is 4.78. The molecule has 0 fully saturated rings. The molecule has 2 N–H and O–H groups in total. The van der Waals surface area contributed by atoms with Crippen LogP contribution in [-0.4, -0.2) is 36.1 Å². The minimum absolute atomic E-state index is 0.0640. The molecule has 0 saturated heterocycles. The van der Waals surface area contributed by atoms with E-state index < -0.39 is 26.0 Å². The first-order chi connectivity index (χ1) is 14.5. The van der Waals surface area contributed by atoms with Gasteiger partial charge in [0.1, 0.15) is 14.1 Å². The van der Waals surface area contributed by atoms with Crippen molar-refractivity contribution in [2.24, 2.45) is 0 Å². The number of hydrogen-bond donors (Lipinski definition) is 2. The van der Waals surface area contributed by atoms with Crippen LogP contribution < -0.4 is 5.32 Å². The molecular formula is C25H28N2O3Si. The van der Waals surface area contributed by atoms with E-state index in [4.69, 9.17) is 0 Å². The Morgan fingerprint density at radius 2 is 1.55 bits per heavy atom. The summed E-state index contributed by atoms with van der Waals surface area (Å²) in [4.78, 5) is 29.7. The van der Waals surface area contributed by atoms with Crippen molar-refractivity contribution in [3.8, 4) is 11.5 Å². The number of rotatable bonds is 4. The molecule has 0 radical (unpaired) electrons. The van der Waals surface area contributed by atoms with Crippen LogP contribution in [0.4, 0.5) is 0 Å². The third-order valence-electron chi connectivity index (χ3n) is 6.00. The van der Waals surface area contributed by atoms with E-state index in [-0.39, 0.29) is 11.5 Å². The molecule has 3 rings (SSSR count). The van der Waals surface area contributed by atoms with Crippen molar-refractivity contribution in [1.29, 1.82) is 0 Å². The number of aromatic nitrogens is 1. The van der Waals surface area contributed by atoms with E-state index in [9.17, 15) is 14.7 Å². The summed E-state index contributed by atoms with van der Waals surface area (Å²) in [7, 11) is -1.86. The number of carboxylic acid groups (broad SMARTS) is 1. The van der Waals surface area contributed by atoms with E-state index in [0.717, 1.165) is 0 Å². The first kappa shape index (κ1) is 22.5.